The van der Waals surface area contributed by atoms with E-state index in [0.29, 0.717) is 24.3 Å². The fourth-order valence-corrected chi connectivity index (χ4v) is 3.78. The Kier molecular flexibility index (Phi) is 5.94. The minimum atomic E-state index is 0.106. The zero-order valence-corrected chi connectivity index (χ0v) is 18.6. The lowest BCUT2D eigenvalue weighted by molar-refractivity contribution is 0.0982. The first kappa shape index (κ1) is 20.9. The Balaban J connectivity index is 1.72. The molecule has 0 unspecified atom stereocenters. The molecule has 158 valence electrons. The number of benzene rings is 1. The van der Waals surface area contributed by atoms with E-state index < -0.39 is 0 Å². The molecule has 0 radical (unpaired) electrons. The van der Waals surface area contributed by atoms with Gasteiger partial charge in [-0.1, -0.05) is 19.9 Å². The topological polar surface area (TPSA) is 60.7 Å². The summed E-state index contributed by atoms with van der Waals surface area (Å²) >= 11 is 0. The third kappa shape index (κ3) is 4.71. The number of ketones is 1. The molecule has 0 aliphatic rings. The van der Waals surface area contributed by atoms with Crippen molar-refractivity contribution in [3.05, 3.63) is 77.6 Å². The average Bonchev–Trinajstić information content (AvgIpc) is 3.15. The van der Waals surface area contributed by atoms with Gasteiger partial charge in [0.1, 0.15) is 0 Å². The van der Waals surface area contributed by atoms with E-state index in [1.165, 1.54) is 0 Å². The van der Waals surface area contributed by atoms with E-state index in [9.17, 15) is 4.79 Å². The zero-order valence-electron chi connectivity index (χ0n) is 18.6. The number of hydrogen-bond acceptors (Lipinski definition) is 4. The molecule has 0 amide bonds. The highest BCUT2D eigenvalue weighted by atomic mass is 16.1. The normalized spacial score (nSPS) is 11.4. The maximum Gasteiger partial charge on any atom is 0.163 e. The maximum atomic E-state index is 13.1. The molecule has 0 fully saturated rings. The van der Waals surface area contributed by atoms with E-state index in [-0.39, 0.29) is 5.78 Å². The number of hydrogen-bond donors (Lipinski definition) is 0. The number of nitrogens with zero attached hydrogens (tertiary/aromatic N) is 4. The van der Waals surface area contributed by atoms with Crippen molar-refractivity contribution in [2.24, 2.45) is 5.92 Å². The van der Waals surface area contributed by atoms with Gasteiger partial charge in [0.25, 0.3) is 0 Å². The molecule has 0 N–H and O–H groups in total. The number of aryl methyl sites for hydroxylation is 3. The molecule has 0 aliphatic carbocycles. The van der Waals surface area contributed by atoms with Gasteiger partial charge in [0.2, 0.25) is 0 Å². The summed E-state index contributed by atoms with van der Waals surface area (Å²) in [7, 11) is 0. The van der Waals surface area contributed by atoms with Crippen LogP contribution in [0.2, 0.25) is 0 Å². The number of pyridine rings is 1. The van der Waals surface area contributed by atoms with Crippen LogP contribution in [-0.4, -0.2) is 25.3 Å². The molecule has 0 aliphatic heterocycles. The molecule has 4 aromatic rings. The first-order valence-corrected chi connectivity index (χ1v) is 10.8. The van der Waals surface area contributed by atoms with Crippen molar-refractivity contribution >= 4 is 16.7 Å². The van der Waals surface area contributed by atoms with Crippen LogP contribution in [0.4, 0.5) is 0 Å². The molecular formula is C26H28N4O. The van der Waals surface area contributed by atoms with Crippen LogP contribution in [0.15, 0.2) is 55.1 Å². The summed E-state index contributed by atoms with van der Waals surface area (Å²) in [6, 6.07) is 10.2. The van der Waals surface area contributed by atoms with Gasteiger partial charge in [-0.25, -0.2) is 0 Å². The van der Waals surface area contributed by atoms with Crippen LogP contribution in [0.5, 0.6) is 0 Å². The monoisotopic (exact) mass is 412 g/mol. The summed E-state index contributed by atoms with van der Waals surface area (Å²) in [4.78, 5) is 26.4. The molecule has 0 saturated heterocycles. The van der Waals surface area contributed by atoms with Crippen molar-refractivity contribution in [3.8, 4) is 11.3 Å². The third-order valence-corrected chi connectivity index (χ3v) is 5.40. The summed E-state index contributed by atoms with van der Waals surface area (Å²) in [6.45, 7) is 9.24. The maximum absolute atomic E-state index is 13.1. The number of rotatable bonds is 7. The van der Waals surface area contributed by atoms with Crippen LogP contribution < -0.4 is 0 Å². The van der Waals surface area contributed by atoms with Crippen molar-refractivity contribution in [2.75, 3.05) is 0 Å². The Morgan fingerprint density at radius 1 is 1.00 bits per heavy atom. The quantitative estimate of drug-likeness (QED) is 0.372. The molecule has 5 heteroatoms. The Hall–Kier alpha value is -3.34. The SMILES string of the molecule is Cc1ccc(-c2cc(C(=O)CCc3cnc(C)cn3)cc3c2ccn3CC(C)C)nc1. The smallest absolute Gasteiger partial charge is 0.163 e. The van der Waals surface area contributed by atoms with Crippen LogP contribution >= 0.6 is 0 Å². The minimum Gasteiger partial charge on any atom is -0.347 e. The molecule has 3 heterocycles. The van der Waals surface area contributed by atoms with E-state index >= 15 is 0 Å². The van der Waals surface area contributed by atoms with E-state index in [1.807, 2.05) is 38.2 Å². The van der Waals surface area contributed by atoms with Gasteiger partial charge < -0.3 is 4.57 Å². The van der Waals surface area contributed by atoms with Crippen LogP contribution in [0, 0.1) is 19.8 Å². The van der Waals surface area contributed by atoms with E-state index in [1.54, 1.807) is 12.4 Å². The fourth-order valence-electron chi connectivity index (χ4n) is 3.78. The molecule has 0 saturated carbocycles. The Labute approximate surface area is 183 Å². The lowest BCUT2D eigenvalue weighted by atomic mass is 9.98. The van der Waals surface area contributed by atoms with Crippen molar-refractivity contribution in [3.63, 3.8) is 0 Å². The second-order valence-corrected chi connectivity index (χ2v) is 8.61. The van der Waals surface area contributed by atoms with Gasteiger partial charge >= 0.3 is 0 Å². The molecule has 4 rings (SSSR count). The van der Waals surface area contributed by atoms with Gasteiger partial charge in [0.15, 0.2) is 5.78 Å². The van der Waals surface area contributed by atoms with Crippen LogP contribution in [0.3, 0.4) is 0 Å². The summed E-state index contributed by atoms with van der Waals surface area (Å²) < 4.78 is 2.24. The predicted molar refractivity (Wildman–Crippen MR) is 124 cm³/mol. The van der Waals surface area contributed by atoms with Crippen LogP contribution in [-0.2, 0) is 13.0 Å². The van der Waals surface area contributed by atoms with Crippen LogP contribution in [0.1, 0.15) is 47.6 Å². The molecule has 31 heavy (non-hydrogen) atoms. The Bertz CT molecular complexity index is 1200. The molecule has 0 bridgehead atoms. The van der Waals surface area contributed by atoms with Gasteiger partial charge in [0.05, 0.1) is 17.1 Å². The van der Waals surface area contributed by atoms with Crippen molar-refractivity contribution in [1.29, 1.82) is 0 Å². The molecular weight excluding hydrogens is 384 g/mol. The highest BCUT2D eigenvalue weighted by molar-refractivity contribution is 6.04. The van der Waals surface area contributed by atoms with E-state index in [0.717, 1.165) is 45.7 Å². The first-order chi connectivity index (χ1) is 14.9. The zero-order chi connectivity index (χ0) is 22.0. The predicted octanol–water partition coefficient (Wildman–Crippen LogP) is 5.58. The Morgan fingerprint density at radius 2 is 1.84 bits per heavy atom. The summed E-state index contributed by atoms with van der Waals surface area (Å²) in [5, 5.41) is 1.12. The van der Waals surface area contributed by atoms with Gasteiger partial charge in [-0.3, -0.25) is 19.7 Å². The van der Waals surface area contributed by atoms with E-state index in [4.69, 9.17) is 0 Å². The highest BCUT2D eigenvalue weighted by Crippen LogP contribution is 2.31. The number of carbonyl (C=O) groups is 1. The lowest BCUT2D eigenvalue weighted by Gasteiger charge is -2.12. The number of aromatic nitrogens is 4. The molecule has 3 aromatic heterocycles. The molecule has 1 aromatic carbocycles. The van der Waals surface area contributed by atoms with E-state index in [2.05, 4.69) is 51.7 Å². The molecule has 0 atom stereocenters. The molecule has 5 nitrogen and oxygen atoms in total. The lowest BCUT2D eigenvalue weighted by Crippen LogP contribution is -2.06. The van der Waals surface area contributed by atoms with Crippen LogP contribution in [0.25, 0.3) is 22.2 Å². The third-order valence-electron chi connectivity index (χ3n) is 5.40. The Morgan fingerprint density at radius 3 is 2.52 bits per heavy atom. The molecule has 0 spiro atoms. The number of fused-ring (bicyclic) bond motifs is 1. The van der Waals surface area contributed by atoms with Gasteiger partial charge in [-0.2, -0.15) is 0 Å². The summed E-state index contributed by atoms with van der Waals surface area (Å²) in [5.74, 6) is 0.617. The first-order valence-electron chi connectivity index (χ1n) is 10.8. The number of carbonyl (C=O) groups excluding carboxylic acids is 1. The van der Waals surface area contributed by atoms with Crippen molar-refractivity contribution < 1.29 is 4.79 Å². The van der Waals surface area contributed by atoms with Crippen molar-refractivity contribution in [1.82, 2.24) is 19.5 Å². The largest absolute Gasteiger partial charge is 0.347 e. The fraction of sp³-hybridized carbons (Fsp3) is 0.308. The van der Waals surface area contributed by atoms with Gasteiger partial charge in [-0.15, -0.1) is 0 Å². The minimum absolute atomic E-state index is 0.106. The second kappa shape index (κ2) is 8.80. The standard InChI is InChI=1S/C26H28N4O/c1-17(2)16-30-10-9-22-23(24-7-5-18(3)13-29-24)11-20(12-25(22)30)26(31)8-6-21-15-27-19(4)14-28-21/h5,7,9-15,17H,6,8,16H2,1-4H3. The average molecular weight is 413 g/mol. The second-order valence-electron chi connectivity index (χ2n) is 8.61. The van der Waals surface area contributed by atoms with Gasteiger partial charge in [0, 0.05) is 59.8 Å². The van der Waals surface area contributed by atoms with Gasteiger partial charge in [-0.05, 0) is 56.0 Å². The highest BCUT2D eigenvalue weighted by Gasteiger charge is 2.16. The summed E-state index contributed by atoms with van der Waals surface area (Å²) in [5.41, 5.74) is 6.50. The van der Waals surface area contributed by atoms with Crippen molar-refractivity contribution in [2.45, 2.75) is 47.1 Å². The number of Topliss-reactive ketones (excluding diaryl/α,β-unsaturated/α-hetero) is 1. The summed E-state index contributed by atoms with van der Waals surface area (Å²) in [6.07, 6.45) is 8.45.